The number of hydrogen-bond acceptors (Lipinski definition) is 4. The van der Waals surface area contributed by atoms with E-state index in [0.717, 1.165) is 17.0 Å². The second kappa shape index (κ2) is 6.83. The highest BCUT2D eigenvalue weighted by Crippen LogP contribution is 2.19. The van der Waals surface area contributed by atoms with E-state index in [2.05, 4.69) is 21.4 Å². The van der Waals surface area contributed by atoms with Crippen LogP contribution in [-0.2, 0) is 6.42 Å². The third-order valence-electron chi connectivity index (χ3n) is 3.13. The minimum absolute atomic E-state index is 0.214. The lowest BCUT2D eigenvalue weighted by Crippen LogP contribution is -2.26. The molecule has 1 aromatic carbocycles. The molecule has 1 heterocycles. The second-order valence-corrected chi connectivity index (χ2v) is 4.86. The highest BCUT2D eigenvalue weighted by atomic mass is 16.5. The number of nitrogens with zero attached hydrogens (tertiary/aromatic N) is 2. The van der Waals surface area contributed by atoms with Gasteiger partial charge in [-0.2, -0.15) is 0 Å². The molecule has 5 nitrogen and oxygen atoms in total. The predicted molar refractivity (Wildman–Crippen MR) is 80.5 cm³/mol. The summed E-state index contributed by atoms with van der Waals surface area (Å²) in [5.74, 6) is 0.624. The summed E-state index contributed by atoms with van der Waals surface area (Å²) < 4.78 is 5.32. The van der Waals surface area contributed by atoms with Crippen LogP contribution in [0.5, 0.6) is 5.75 Å². The summed E-state index contributed by atoms with van der Waals surface area (Å²) >= 11 is 0. The molecule has 0 unspecified atom stereocenters. The van der Waals surface area contributed by atoms with Gasteiger partial charge in [-0.25, -0.2) is 4.98 Å². The van der Waals surface area contributed by atoms with Gasteiger partial charge in [-0.1, -0.05) is 17.7 Å². The van der Waals surface area contributed by atoms with Crippen LogP contribution in [0.4, 0.5) is 0 Å². The lowest BCUT2D eigenvalue weighted by molar-refractivity contribution is 0.0948. The molecule has 0 atom stereocenters. The maximum Gasteiger partial charge on any atom is 0.271 e. The Labute approximate surface area is 124 Å². The van der Waals surface area contributed by atoms with E-state index >= 15 is 0 Å². The maximum atomic E-state index is 11.9. The van der Waals surface area contributed by atoms with Crippen molar-refractivity contribution in [3.05, 3.63) is 53.1 Å². The van der Waals surface area contributed by atoms with E-state index in [4.69, 9.17) is 4.74 Å². The fourth-order valence-corrected chi connectivity index (χ4v) is 2.01. The maximum absolute atomic E-state index is 11.9. The Bertz CT molecular complexity index is 624. The number of carbonyl (C=O) groups is 1. The van der Waals surface area contributed by atoms with Gasteiger partial charge in [0.05, 0.1) is 19.0 Å². The number of aryl methyl sites for hydroxylation is 2. The van der Waals surface area contributed by atoms with Gasteiger partial charge in [-0.15, -0.1) is 0 Å². The molecule has 0 aliphatic heterocycles. The molecule has 1 N–H and O–H groups in total. The molecular weight excluding hydrogens is 266 g/mol. The summed E-state index contributed by atoms with van der Waals surface area (Å²) in [7, 11) is 1.65. The molecule has 0 spiro atoms. The Morgan fingerprint density at radius 2 is 2.05 bits per heavy atom. The van der Waals surface area contributed by atoms with E-state index in [0.29, 0.717) is 18.7 Å². The number of hydrogen-bond donors (Lipinski definition) is 1. The van der Waals surface area contributed by atoms with Gasteiger partial charge in [0.25, 0.3) is 5.91 Å². The number of benzene rings is 1. The van der Waals surface area contributed by atoms with Crippen LogP contribution in [0.25, 0.3) is 0 Å². The van der Waals surface area contributed by atoms with Crippen LogP contribution in [0.3, 0.4) is 0 Å². The Morgan fingerprint density at radius 1 is 1.24 bits per heavy atom. The molecule has 5 heteroatoms. The van der Waals surface area contributed by atoms with Crippen LogP contribution in [0.15, 0.2) is 30.6 Å². The number of ether oxygens (including phenoxy) is 1. The molecule has 2 aromatic rings. The molecular formula is C16H19N3O2. The van der Waals surface area contributed by atoms with Crippen LogP contribution in [-0.4, -0.2) is 29.5 Å². The van der Waals surface area contributed by atoms with Crippen molar-refractivity contribution in [3.63, 3.8) is 0 Å². The van der Waals surface area contributed by atoms with Crippen molar-refractivity contribution in [2.45, 2.75) is 20.3 Å². The molecule has 0 saturated heterocycles. The molecule has 2 rings (SSSR count). The SMILES string of the molecule is COc1ccc(C)cc1CCNC(=O)c1cnc(C)cn1. The molecule has 0 radical (unpaired) electrons. The van der Waals surface area contributed by atoms with Gasteiger partial charge in [0.1, 0.15) is 11.4 Å². The van der Waals surface area contributed by atoms with Crippen molar-refractivity contribution in [2.24, 2.45) is 0 Å². The first-order valence-corrected chi connectivity index (χ1v) is 6.80. The number of amides is 1. The van der Waals surface area contributed by atoms with Crippen LogP contribution in [0, 0.1) is 13.8 Å². The van der Waals surface area contributed by atoms with Gasteiger partial charge in [0.2, 0.25) is 0 Å². The van der Waals surface area contributed by atoms with Gasteiger partial charge in [0.15, 0.2) is 0 Å². The number of nitrogens with one attached hydrogen (secondary N) is 1. The Hall–Kier alpha value is -2.43. The average molecular weight is 285 g/mol. The van der Waals surface area contributed by atoms with E-state index < -0.39 is 0 Å². The molecule has 0 bridgehead atoms. The van der Waals surface area contributed by atoms with Crippen molar-refractivity contribution < 1.29 is 9.53 Å². The third kappa shape index (κ3) is 4.02. The normalized spacial score (nSPS) is 10.2. The molecule has 0 aliphatic rings. The first-order chi connectivity index (χ1) is 10.1. The van der Waals surface area contributed by atoms with Crippen LogP contribution < -0.4 is 10.1 Å². The quantitative estimate of drug-likeness (QED) is 0.913. The zero-order valence-corrected chi connectivity index (χ0v) is 12.5. The van der Waals surface area contributed by atoms with Gasteiger partial charge < -0.3 is 10.1 Å². The van der Waals surface area contributed by atoms with Crippen LogP contribution in [0.1, 0.15) is 27.3 Å². The molecule has 0 fully saturated rings. The van der Waals surface area contributed by atoms with Crippen molar-refractivity contribution in [1.82, 2.24) is 15.3 Å². The summed E-state index contributed by atoms with van der Waals surface area (Å²) in [6.07, 6.45) is 3.77. The van der Waals surface area contributed by atoms with Crippen LogP contribution in [0.2, 0.25) is 0 Å². The van der Waals surface area contributed by atoms with Gasteiger partial charge in [-0.05, 0) is 31.9 Å². The summed E-state index contributed by atoms with van der Waals surface area (Å²) in [4.78, 5) is 20.0. The Morgan fingerprint density at radius 3 is 2.71 bits per heavy atom. The zero-order valence-electron chi connectivity index (χ0n) is 12.5. The topological polar surface area (TPSA) is 64.1 Å². The molecule has 1 amide bonds. The standard InChI is InChI=1S/C16H19N3O2/c1-11-4-5-15(21-3)13(8-11)6-7-17-16(20)14-10-18-12(2)9-19-14/h4-5,8-10H,6-7H2,1-3H3,(H,17,20). The number of rotatable bonds is 5. The van der Waals surface area contributed by atoms with Gasteiger partial charge in [-0.3, -0.25) is 9.78 Å². The van der Waals surface area contributed by atoms with Crippen molar-refractivity contribution in [3.8, 4) is 5.75 Å². The van der Waals surface area contributed by atoms with Crippen LogP contribution >= 0.6 is 0 Å². The molecule has 21 heavy (non-hydrogen) atoms. The van der Waals surface area contributed by atoms with E-state index in [1.54, 1.807) is 13.3 Å². The second-order valence-electron chi connectivity index (χ2n) is 4.86. The first kappa shape index (κ1) is 15.0. The average Bonchev–Trinajstić information content (AvgIpc) is 2.48. The predicted octanol–water partition coefficient (Wildman–Crippen LogP) is 2.07. The summed E-state index contributed by atoms with van der Waals surface area (Å²) in [6.45, 7) is 4.39. The number of aromatic nitrogens is 2. The first-order valence-electron chi connectivity index (χ1n) is 6.80. The molecule has 0 saturated carbocycles. The molecule has 1 aromatic heterocycles. The summed E-state index contributed by atoms with van der Waals surface area (Å²) in [5, 5.41) is 2.84. The largest absolute Gasteiger partial charge is 0.496 e. The molecule has 110 valence electrons. The summed E-state index contributed by atoms with van der Waals surface area (Å²) in [5.41, 5.74) is 3.36. The van der Waals surface area contributed by atoms with E-state index in [9.17, 15) is 4.79 Å². The van der Waals surface area contributed by atoms with Gasteiger partial charge >= 0.3 is 0 Å². The minimum atomic E-state index is -0.214. The minimum Gasteiger partial charge on any atom is -0.496 e. The Kier molecular flexibility index (Phi) is 4.87. The summed E-state index contributed by atoms with van der Waals surface area (Å²) in [6, 6.07) is 6.01. The zero-order chi connectivity index (χ0) is 15.2. The monoisotopic (exact) mass is 285 g/mol. The van der Waals surface area contributed by atoms with Gasteiger partial charge in [0, 0.05) is 12.7 Å². The number of methoxy groups -OCH3 is 1. The Balaban J connectivity index is 1.93. The third-order valence-corrected chi connectivity index (χ3v) is 3.13. The van der Waals surface area contributed by atoms with E-state index in [1.165, 1.54) is 11.8 Å². The fraction of sp³-hybridized carbons (Fsp3) is 0.312. The number of carbonyl (C=O) groups excluding carboxylic acids is 1. The highest BCUT2D eigenvalue weighted by molar-refractivity contribution is 5.91. The highest BCUT2D eigenvalue weighted by Gasteiger charge is 2.08. The lowest BCUT2D eigenvalue weighted by atomic mass is 10.1. The van der Waals surface area contributed by atoms with Crippen molar-refractivity contribution >= 4 is 5.91 Å². The van der Waals surface area contributed by atoms with Crippen molar-refractivity contribution in [2.75, 3.05) is 13.7 Å². The lowest BCUT2D eigenvalue weighted by Gasteiger charge is -2.10. The van der Waals surface area contributed by atoms with Crippen molar-refractivity contribution in [1.29, 1.82) is 0 Å². The fourth-order valence-electron chi connectivity index (χ4n) is 2.01. The van der Waals surface area contributed by atoms with E-state index in [1.807, 2.05) is 26.0 Å². The van der Waals surface area contributed by atoms with E-state index in [-0.39, 0.29) is 5.91 Å². The molecule has 0 aliphatic carbocycles. The smallest absolute Gasteiger partial charge is 0.271 e.